The molecule has 1 aromatic carbocycles. The lowest BCUT2D eigenvalue weighted by atomic mass is 9.73. The minimum Gasteiger partial charge on any atom is -0.406 e. The standard InChI is InChI=1S/C18H20F3N3O4/c1-11-4-2-3-9-17(11)15(26)24(16(27)23-17)10-14(25)22-12-5-7-13(8-6-12)28-18(19,20)21/h5-8,11H,2-4,9-10H2,1H3,(H,22,25)(H,23,27). The second-order valence-electron chi connectivity index (χ2n) is 7.06. The van der Waals surface area contributed by atoms with Crippen molar-refractivity contribution in [3.8, 4) is 5.75 Å². The maximum atomic E-state index is 12.8. The molecule has 7 nitrogen and oxygen atoms in total. The van der Waals surface area contributed by atoms with E-state index in [0.717, 1.165) is 36.3 Å². The van der Waals surface area contributed by atoms with Gasteiger partial charge in [-0.05, 0) is 43.0 Å². The summed E-state index contributed by atoms with van der Waals surface area (Å²) in [4.78, 5) is 38.2. The molecule has 1 heterocycles. The molecule has 2 atom stereocenters. The first kappa shape index (κ1) is 20.0. The van der Waals surface area contributed by atoms with Gasteiger partial charge in [0.1, 0.15) is 17.8 Å². The quantitative estimate of drug-likeness (QED) is 0.762. The number of hydrogen-bond acceptors (Lipinski definition) is 4. The van der Waals surface area contributed by atoms with Gasteiger partial charge < -0.3 is 15.4 Å². The van der Waals surface area contributed by atoms with Crippen molar-refractivity contribution in [1.82, 2.24) is 10.2 Å². The van der Waals surface area contributed by atoms with E-state index in [2.05, 4.69) is 15.4 Å². The molecule has 2 fully saturated rings. The zero-order valence-corrected chi connectivity index (χ0v) is 15.1. The van der Waals surface area contributed by atoms with Crippen LogP contribution in [0.5, 0.6) is 5.75 Å². The van der Waals surface area contributed by atoms with Crippen molar-refractivity contribution >= 4 is 23.5 Å². The summed E-state index contributed by atoms with van der Waals surface area (Å²) >= 11 is 0. The van der Waals surface area contributed by atoms with Crippen LogP contribution in [0.1, 0.15) is 32.6 Å². The fourth-order valence-electron chi connectivity index (χ4n) is 3.72. The van der Waals surface area contributed by atoms with Crippen LogP contribution in [0.15, 0.2) is 24.3 Å². The van der Waals surface area contributed by atoms with Crippen LogP contribution in [0.2, 0.25) is 0 Å². The van der Waals surface area contributed by atoms with Crippen LogP contribution < -0.4 is 15.4 Å². The van der Waals surface area contributed by atoms with Gasteiger partial charge >= 0.3 is 12.4 Å². The van der Waals surface area contributed by atoms with Gasteiger partial charge in [-0.1, -0.05) is 19.8 Å². The average Bonchev–Trinajstić information content (AvgIpc) is 2.83. The molecule has 152 valence electrons. The number of benzene rings is 1. The zero-order valence-electron chi connectivity index (χ0n) is 15.1. The molecule has 1 saturated carbocycles. The van der Waals surface area contributed by atoms with E-state index in [1.807, 2.05) is 6.92 Å². The highest BCUT2D eigenvalue weighted by atomic mass is 19.4. The Labute approximate surface area is 159 Å². The lowest BCUT2D eigenvalue weighted by Gasteiger charge is -2.36. The molecule has 4 amide bonds. The molecule has 2 aliphatic rings. The van der Waals surface area contributed by atoms with Crippen molar-refractivity contribution in [1.29, 1.82) is 0 Å². The van der Waals surface area contributed by atoms with Crippen LogP contribution in [0.25, 0.3) is 0 Å². The second-order valence-corrected chi connectivity index (χ2v) is 7.06. The van der Waals surface area contributed by atoms with Crippen LogP contribution in [0.3, 0.4) is 0 Å². The second kappa shape index (κ2) is 7.33. The number of halogens is 3. The monoisotopic (exact) mass is 399 g/mol. The molecule has 1 saturated heterocycles. The zero-order chi connectivity index (χ0) is 20.5. The van der Waals surface area contributed by atoms with Gasteiger partial charge in [0.15, 0.2) is 0 Å². The Morgan fingerprint density at radius 2 is 1.96 bits per heavy atom. The van der Waals surface area contributed by atoms with Crippen molar-refractivity contribution in [2.45, 2.75) is 44.5 Å². The molecule has 1 aliphatic heterocycles. The number of alkyl halides is 3. The lowest BCUT2D eigenvalue weighted by molar-refractivity contribution is -0.274. The third-order valence-electron chi connectivity index (χ3n) is 5.17. The number of carbonyl (C=O) groups excluding carboxylic acids is 3. The predicted molar refractivity (Wildman–Crippen MR) is 92.4 cm³/mol. The normalized spacial score (nSPS) is 25.0. The number of amides is 4. The third kappa shape index (κ3) is 4.05. The van der Waals surface area contributed by atoms with Crippen LogP contribution >= 0.6 is 0 Å². The van der Waals surface area contributed by atoms with Crippen molar-refractivity contribution in [3.05, 3.63) is 24.3 Å². The molecule has 2 unspecified atom stereocenters. The maximum absolute atomic E-state index is 12.8. The van der Waals surface area contributed by atoms with E-state index < -0.39 is 42.0 Å². The maximum Gasteiger partial charge on any atom is 0.573 e. The first-order chi connectivity index (χ1) is 13.1. The molecule has 0 radical (unpaired) electrons. The molecule has 1 spiro atoms. The number of carbonyl (C=O) groups is 3. The van der Waals surface area contributed by atoms with Crippen LogP contribution in [-0.4, -0.2) is 41.2 Å². The number of rotatable bonds is 4. The number of nitrogens with one attached hydrogen (secondary N) is 2. The number of imide groups is 1. The fraction of sp³-hybridized carbons (Fsp3) is 0.500. The highest BCUT2D eigenvalue weighted by molar-refractivity contribution is 6.10. The Bertz CT molecular complexity index is 781. The van der Waals surface area contributed by atoms with E-state index in [1.165, 1.54) is 12.1 Å². The fourth-order valence-corrected chi connectivity index (χ4v) is 3.72. The SMILES string of the molecule is CC1CCCCC12NC(=O)N(CC(=O)Nc1ccc(OC(F)(F)F)cc1)C2=O. The number of anilines is 1. The van der Waals surface area contributed by atoms with Gasteiger partial charge in [0.2, 0.25) is 5.91 Å². The van der Waals surface area contributed by atoms with E-state index in [4.69, 9.17) is 0 Å². The van der Waals surface area contributed by atoms with Gasteiger partial charge in [0.05, 0.1) is 0 Å². The van der Waals surface area contributed by atoms with Crippen molar-refractivity contribution in [3.63, 3.8) is 0 Å². The summed E-state index contributed by atoms with van der Waals surface area (Å²) in [6.07, 6.45) is -1.64. The van der Waals surface area contributed by atoms with E-state index in [-0.39, 0.29) is 11.6 Å². The Morgan fingerprint density at radius 1 is 1.29 bits per heavy atom. The predicted octanol–water partition coefficient (Wildman–Crippen LogP) is 3.02. The summed E-state index contributed by atoms with van der Waals surface area (Å²) in [6, 6.07) is 3.96. The highest BCUT2D eigenvalue weighted by Crippen LogP contribution is 2.38. The Balaban J connectivity index is 1.62. The molecule has 28 heavy (non-hydrogen) atoms. The summed E-state index contributed by atoms with van der Waals surface area (Å²) < 4.78 is 40.2. The van der Waals surface area contributed by atoms with Crippen LogP contribution in [0.4, 0.5) is 23.7 Å². The molecule has 10 heteroatoms. The summed E-state index contributed by atoms with van der Waals surface area (Å²) in [6.45, 7) is 1.44. The van der Waals surface area contributed by atoms with Gasteiger partial charge in [-0.25, -0.2) is 4.79 Å². The van der Waals surface area contributed by atoms with Gasteiger partial charge in [-0.3, -0.25) is 14.5 Å². The van der Waals surface area contributed by atoms with E-state index in [0.29, 0.717) is 6.42 Å². The molecule has 0 aromatic heterocycles. The molecule has 0 bridgehead atoms. The number of ether oxygens (including phenoxy) is 1. The number of nitrogens with zero attached hydrogens (tertiary/aromatic N) is 1. The average molecular weight is 399 g/mol. The van der Waals surface area contributed by atoms with E-state index >= 15 is 0 Å². The first-order valence-electron chi connectivity index (χ1n) is 8.90. The smallest absolute Gasteiger partial charge is 0.406 e. The number of hydrogen-bond donors (Lipinski definition) is 2. The minimum atomic E-state index is -4.81. The van der Waals surface area contributed by atoms with Gasteiger partial charge in [-0.15, -0.1) is 13.2 Å². The third-order valence-corrected chi connectivity index (χ3v) is 5.17. The summed E-state index contributed by atoms with van der Waals surface area (Å²) in [5, 5.41) is 5.20. The molecule has 2 N–H and O–H groups in total. The minimum absolute atomic E-state index is 0.0214. The Hall–Kier alpha value is -2.78. The highest BCUT2D eigenvalue weighted by Gasteiger charge is 2.55. The number of urea groups is 1. The molecule has 1 aliphatic carbocycles. The first-order valence-corrected chi connectivity index (χ1v) is 8.90. The van der Waals surface area contributed by atoms with Crippen LogP contribution in [0, 0.1) is 5.92 Å². The van der Waals surface area contributed by atoms with Gasteiger partial charge in [-0.2, -0.15) is 0 Å². The summed E-state index contributed by atoms with van der Waals surface area (Å²) in [7, 11) is 0. The van der Waals surface area contributed by atoms with Gasteiger partial charge in [0.25, 0.3) is 5.91 Å². The van der Waals surface area contributed by atoms with Crippen LogP contribution in [-0.2, 0) is 9.59 Å². The summed E-state index contributed by atoms with van der Waals surface area (Å²) in [5.74, 6) is -1.48. The molecule has 3 rings (SSSR count). The largest absolute Gasteiger partial charge is 0.573 e. The van der Waals surface area contributed by atoms with E-state index in [1.54, 1.807) is 0 Å². The lowest BCUT2D eigenvalue weighted by Crippen LogP contribution is -2.54. The van der Waals surface area contributed by atoms with Crippen molar-refractivity contribution in [2.75, 3.05) is 11.9 Å². The molecular weight excluding hydrogens is 379 g/mol. The van der Waals surface area contributed by atoms with Crippen molar-refractivity contribution in [2.24, 2.45) is 5.92 Å². The Kier molecular flexibility index (Phi) is 5.22. The Morgan fingerprint density at radius 3 is 2.57 bits per heavy atom. The van der Waals surface area contributed by atoms with Crippen molar-refractivity contribution < 1.29 is 32.3 Å². The molecule has 1 aromatic rings. The molecular formula is C18H20F3N3O4. The van der Waals surface area contributed by atoms with Gasteiger partial charge in [0, 0.05) is 5.69 Å². The topological polar surface area (TPSA) is 87.7 Å². The van der Waals surface area contributed by atoms with E-state index in [9.17, 15) is 27.6 Å². The summed E-state index contributed by atoms with van der Waals surface area (Å²) in [5.41, 5.74) is -0.737.